The molecular formula is C26H33N3O5. The summed E-state index contributed by atoms with van der Waals surface area (Å²) < 4.78 is 10.5. The minimum Gasteiger partial charge on any atom is -0.466 e. The maximum Gasteiger partial charge on any atom is 0.336 e. The number of nitriles is 1. The van der Waals surface area contributed by atoms with Crippen LogP contribution in [-0.4, -0.2) is 36.6 Å². The van der Waals surface area contributed by atoms with E-state index in [0.717, 1.165) is 0 Å². The van der Waals surface area contributed by atoms with Crippen LogP contribution in [0.1, 0.15) is 65.5 Å². The number of dihydropyridines is 1. The number of amides is 1. The van der Waals surface area contributed by atoms with Crippen molar-refractivity contribution in [2.75, 3.05) is 7.11 Å². The third-order valence-electron chi connectivity index (χ3n) is 5.40. The lowest BCUT2D eigenvalue weighted by Gasteiger charge is -2.32. The molecule has 8 nitrogen and oxygen atoms in total. The average molecular weight is 468 g/mol. The van der Waals surface area contributed by atoms with Crippen molar-refractivity contribution in [2.24, 2.45) is 5.92 Å². The molecule has 2 unspecified atom stereocenters. The molecule has 0 aliphatic carbocycles. The lowest BCUT2D eigenvalue weighted by Crippen LogP contribution is -2.49. The van der Waals surface area contributed by atoms with Crippen LogP contribution < -0.4 is 10.6 Å². The molecule has 0 saturated carbocycles. The van der Waals surface area contributed by atoms with E-state index in [4.69, 9.17) is 14.7 Å². The number of rotatable bonds is 6. The highest BCUT2D eigenvalue weighted by Crippen LogP contribution is 2.39. The minimum atomic E-state index is -0.887. The molecule has 0 aromatic heterocycles. The normalized spacial score (nSPS) is 17.0. The van der Waals surface area contributed by atoms with Crippen LogP contribution in [0, 0.1) is 17.2 Å². The molecule has 1 aliphatic rings. The van der Waals surface area contributed by atoms with Crippen molar-refractivity contribution in [1.82, 2.24) is 10.6 Å². The van der Waals surface area contributed by atoms with E-state index >= 15 is 0 Å². The van der Waals surface area contributed by atoms with Crippen molar-refractivity contribution >= 4 is 17.8 Å². The van der Waals surface area contributed by atoms with Gasteiger partial charge in [-0.3, -0.25) is 4.79 Å². The summed E-state index contributed by atoms with van der Waals surface area (Å²) in [6.45, 7) is 12.4. The Labute approximate surface area is 201 Å². The first-order valence-electron chi connectivity index (χ1n) is 11.1. The Morgan fingerprint density at radius 1 is 1.06 bits per heavy atom. The predicted octanol–water partition coefficient (Wildman–Crippen LogP) is 3.45. The monoisotopic (exact) mass is 467 g/mol. The molecule has 1 aromatic carbocycles. The van der Waals surface area contributed by atoms with E-state index in [9.17, 15) is 14.4 Å². The highest BCUT2D eigenvalue weighted by molar-refractivity contribution is 6.03. The number of ether oxygens (including phenoxy) is 2. The topological polar surface area (TPSA) is 118 Å². The van der Waals surface area contributed by atoms with Crippen LogP contribution in [0.2, 0.25) is 0 Å². The first-order valence-corrected chi connectivity index (χ1v) is 11.1. The van der Waals surface area contributed by atoms with Crippen LogP contribution in [0.4, 0.5) is 0 Å². The second-order valence-electron chi connectivity index (χ2n) is 9.59. The van der Waals surface area contributed by atoms with E-state index in [1.807, 2.05) is 13.8 Å². The van der Waals surface area contributed by atoms with Gasteiger partial charge in [0.25, 0.3) is 5.91 Å². The molecule has 0 radical (unpaired) electrons. The van der Waals surface area contributed by atoms with Crippen molar-refractivity contribution < 1.29 is 23.9 Å². The van der Waals surface area contributed by atoms with Gasteiger partial charge < -0.3 is 20.1 Å². The summed E-state index contributed by atoms with van der Waals surface area (Å²) in [5, 5.41) is 15.1. The van der Waals surface area contributed by atoms with Crippen LogP contribution in [0.5, 0.6) is 0 Å². The lowest BCUT2D eigenvalue weighted by molar-refractivity contribution is -0.159. The quantitative estimate of drug-likeness (QED) is 0.615. The molecule has 0 spiro atoms. The van der Waals surface area contributed by atoms with Crippen molar-refractivity contribution in [1.29, 1.82) is 5.26 Å². The van der Waals surface area contributed by atoms with E-state index in [0.29, 0.717) is 22.5 Å². The summed E-state index contributed by atoms with van der Waals surface area (Å²) in [7, 11) is 1.28. The van der Waals surface area contributed by atoms with Crippen LogP contribution in [0.15, 0.2) is 46.8 Å². The van der Waals surface area contributed by atoms with Crippen LogP contribution >= 0.6 is 0 Å². The SMILES string of the molecule is COC(=O)C1=C(C)NC(C)=C(C(=O)NC(C(=O)OC(C)(C)C)C(C)C)C1c1ccc(C#N)cc1. The summed E-state index contributed by atoms with van der Waals surface area (Å²) in [6.07, 6.45) is 0. The number of carbonyl (C=O) groups excluding carboxylic acids is 3. The Balaban J connectivity index is 2.55. The van der Waals surface area contributed by atoms with E-state index in [-0.39, 0.29) is 17.1 Å². The van der Waals surface area contributed by atoms with Gasteiger partial charge in [-0.25, -0.2) is 9.59 Å². The molecule has 0 fully saturated rings. The molecule has 1 heterocycles. The zero-order chi connectivity index (χ0) is 25.8. The zero-order valence-corrected chi connectivity index (χ0v) is 21.0. The first-order chi connectivity index (χ1) is 15.8. The largest absolute Gasteiger partial charge is 0.466 e. The Bertz CT molecular complexity index is 1070. The van der Waals surface area contributed by atoms with Gasteiger partial charge in [0.2, 0.25) is 0 Å². The summed E-state index contributed by atoms with van der Waals surface area (Å²) in [4.78, 5) is 39.2. The van der Waals surface area contributed by atoms with Gasteiger partial charge in [-0.2, -0.15) is 5.26 Å². The Hall–Kier alpha value is -3.60. The first kappa shape index (κ1) is 26.7. The maximum atomic E-state index is 13.6. The fraction of sp³-hybridized carbons (Fsp3) is 0.462. The standard InChI is InChI=1S/C26H33N3O5/c1-14(2)22(25(32)34-26(5,6)7)29-23(30)19-15(3)28-16(4)20(24(31)33-8)21(19)18-11-9-17(13-27)10-12-18/h9-12,14,21-22,28H,1-8H3,(H,29,30). The van der Waals surface area contributed by atoms with Gasteiger partial charge in [-0.1, -0.05) is 26.0 Å². The molecule has 2 N–H and O–H groups in total. The molecule has 0 bridgehead atoms. The van der Waals surface area contributed by atoms with Crippen molar-refractivity contribution in [3.05, 3.63) is 57.9 Å². The number of nitrogens with one attached hydrogen (secondary N) is 2. The minimum absolute atomic E-state index is 0.234. The number of hydrogen-bond acceptors (Lipinski definition) is 7. The second kappa shape index (κ2) is 10.6. The highest BCUT2D eigenvalue weighted by Gasteiger charge is 2.39. The van der Waals surface area contributed by atoms with Gasteiger partial charge >= 0.3 is 11.9 Å². The number of benzene rings is 1. The Morgan fingerprint density at radius 3 is 2.09 bits per heavy atom. The number of hydrogen-bond donors (Lipinski definition) is 2. The van der Waals surface area contributed by atoms with Gasteiger partial charge in [0.1, 0.15) is 11.6 Å². The molecule has 1 aliphatic heterocycles. The molecule has 182 valence electrons. The van der Waals surface area contributed by atoms with Crippen molar-refractivity contribution in [3.8, 4) is 6.07 Å². The number of allylic oxidation sites excluding steroid dienone is 2. The fourth-order valence-corrected chi connectivity index (χ4v) is 3.84. The number of methoxy groups -OCH3 is 1. The molecule has 2 atom stereocenters. The summed E-state index contributed by atoms with van der Waals surface area (Å²) in [5.74, 6) is -2.61. The third-order valence-corrected chi connectivity index (χ3v) is 5.40. The number of esters is 2. The van der Waals surface area contributed by atoms with Gasteiger partial charge in [0.15, 0.2) is 0 Å². The molecule has 1 aromatic rings. The summed E-state index contributed by atoms with van der Waals surface area (Å²) in [5.41, 5.74) is 2.05. The third kappa shape index (κ3) is 6.04. The highest BCUT2D eigenvalue weighted by atomic mass is 16.6. The second-order valence-corrected chi connectivity index (χ2v) is 9.59. The van der Waals surface area contributed by atoms with Gasteiger partial charge in [0.05, 0.1) is 30.2 Å². The predicted molar refractivity (Wildman–Crippen MR) is 127 cm³/mol. The summed E-state index contributed by atoms with van der Waals surface area (Å²) in [6, 6.07) is 7.85. The smallest absolute Gasteiger partial charge is 0.336 e. The molecule has 1 amide bonds. The van der Waals surface area contributed by atoms with Crippen LogP contribution in [0.25, 0.3) is 0 Å². The fourth-order valence-electron chi connectivity index (χ4n) is 3.84. The van der Waals surface area contributed by atoms with E-state index < -0.39 is 35.4 Å². The average Bonchev–Trinajstić information content (AvgIpc) is 2.74. The molecule has 0 saturated heterocycles. The van der Waals surface area contributed by atoms with Crippen LogP contribution in [0.3, 0.4) is 0 Å². The maximum absolute atomic E-state index is 13.6. The van der Waals surface area contributed by atoms with E-state index in [1.54, 1.807) is 58.9 Å². The Morgan fingerprint density at radius 2 is 1.62 bits per heavy atom. The van der Waals surface area contributed by atoms with E-state index in [2.05, 4.69) is 16.7 Å². The van der Waals surface area contributed by atoms with Gasteiger partial charge in [-0.05, 0) is 58.2 Å². The molecule has 2 rings (SSSR count). The summed E-state index contributed by atoms with van der Waals surface area (Å²) >= 11 is 0. The Kier molecular flexibility index (Phi) is 8.27. The number of carbonyl (C=O) groups is 3. The number of nitrogens with zero attached hydrogens (tertiary/aromatic N) is 1. The molecule has 8 heteroatoms. The lowest BCUT2D eigenvalue weighted by atomic mass is 9.79. The van der Waals surface area contributed by atoms with Crippen molar-refractivity contribution in [3.63, 3.8) is 0 Å². The van der Waals surface area contributed by atoms with Crippen molar-refractivity contribution in [2.45, 2.75) is 66.0 Å². The molecule has 34 heavy (non-hydrogen) atoms. The zero-order valence-electron chi connectivity index (χ0n) is 21.0. The van der Waals surface area contributed by atoms with Gasteiger partial charge in [-0.15, -0.1) is 0 Å². The van der Waals surface area contributed by atoms with E-state index in [1.165, 1.54) is 7.11 Å². The van der Waals surface area contributed by atoms with Gasteiger partial charge in [0, 0.05) is 17.0 Å². The molecular weight excluding hydrogens is 434 g/mol. The van der Waals surface area contributed by atoms with Crippen LogP contribution in [-0.2, 0) is 23.9 Å².